The zero-order valence-electron chi connectivity index (χ0n) is 13.4. The number of nitrogens with one attached hydrogen (secondary N) is 2. The summed E-state index contributed by atoms with van der Waals surface area (Å²) >= 11 is 0. The first-order valence-electron chi connectivity index (χ1n) is 7.45. The van der Waals surface area contributed by atoms with Gasteiger partial charge in [0.2, 0.25) is 0 Å². The van der Waals surface area contributed by atoms with Crippen LogP contribution in [0.1, 0.15) is 49.7 Å². The molecule has 0 aliphatic rings. The lowest BCUT2D eigenvalue weighted by Crippen LogP contribution is -2.30. The van der Waals surface area contributed by atoms with Crippen LogP contribution in [0.2, 0.25) is 0 Å². The first-order valence-corrected chi connectivity index (χ1v) is 7.45. The smallest absolute Gasteiger partial charge is 0.270 e. The second kappa shape index (κ2) is 7.02. The van der Waals surface area contributed by atoms with E-state index in [1.807, 2.05) is 26.0 Å². The zero-order chi connectivity index (χ0) is 16.1. The fraction of sp³-hybridized carbons (Fsp3) is 0.353. The van der Waals surface area contributed by atoms with E-state index >= 15 is 0 Å². The molecule has 0 unspecified atom stereocenters. The molecule has 0 saturated carbocycles. The molecule has 0 saturated heterocycles. The molecule has 5 heteroatoms. The Morgan fingerprint density at radius 3 is 2.32 bits per heavy atom. The van der Waals surface area contributed by atoms with E-state index in [2.05, 4.69) is 46.6 Å². The van der Waals surface area contributed by atoms with E-state index < -0.39 is 0 Å². The van der Waals surface area contributed by atoms with E-state index in [1.54, 1.807) is 6.07 Å². The molecule has 0 radical (unpaired) electrons. The van der Waals surface area contributed by atoms with Crippen molar-refractivity contribution in [1.29, 1.82) is 0 Å². The van der Waals surface area contributed by atoms with Gasteiger partial charge in [0, 0.05) is 17.8 Å². The van der Waals surface area contributed by atoms with Crippen molar-refractivity contribution >= 4 is 17.4 Å². The number of anilines is 2. The summed E-state index contributed by atoms with van der Waals surface area (Å²) in [6.45, 7) is 8.14. The Balaban J connectivity index is 2.11. The molecule has 5 nitrogen and oxygen atoms in total. The summed E-state index contributed by atoms with van der Waals surface area (Å²) in [6, 6.07) is 9.90. The summed E-state index contributed by atoms with van der Waals surface area (Å²) in [5.41, 5.74) is 2.56. The van der Waals surface area contributed by atoms with E-state index in [1.165, 1.54) is 11.9 Å². The highest BCUT2D eigenvalue weighted by Crippen LogP contribution is 2.19. The predicted octanol–water partition coefficient (Wildman–Crippen LogP) is 3.48. The molecule has 0 fully saturated rings. The molecule has 2 aromatic rings. The summed E-state index contributed by atoms with van der Waals surface area (Å²) in [5, 5.41) is 6.00. The summed E-state index contributed by atoms with van der Waals surface area (Å²) < 4.78 is 0. The minimum Gasteiger partial charge on any atom is -0.349 e. The van der Waals surface area contributed by atoms with Gasteiger partial charge in [-0.2, -0.15) is 0 Å². The molecule has 1 aromatic heterocycles. The van der Waals surface area contributed by atoms with E-state index in [-0.39, 0.29) is 11.9 Å². The molecular formula is C17H22N4O. The van der Waals surface area contributed by atoms with E-state index in [4.69, 9.17) is 0 Å². The van der Waals surface area contributed by atoms with Gasteiger partial charge in [0.15, 0.2) is 0 Å². The Kier molecular flexibility index (Phi) is 5.09. The normalized spacial score (nSPS) is 10.8. The van der Waals surface area contributed by atoms with Crippen LogP contribution in [-0.4, -0.2) is 21.9 Å². The summed E-state index contributed by atoms with van der Waals surface area (Å²) in [5.74, 6) is 0.899. The summed E-state index contributed by atoms with van der Waals surface area (Å²) in [6.07, 6.45) is 1.39. The summed E-state index contributed by atoms with van der Waals surface area (Å²) in [7, 11) is 0. The Morgan fingerprint density at radius 2 is 1.73 bits per heavy atom. The van der Waals surface area contributed by atoms with Crippen molar-refractivity contribution in [3.05, 3.63) is 47.9 Å². The predicted molar refractivity (Wildman–Crippen MR) is 88.4 cm³/mol. The molecule has 116 valence electrons. The van der Waals surface area contributed by atoms with Crippen LogP contribution in [0.3, 0.4) is 0 Å². The van der Waals surface area contributed by atoms with Crippen LogP contribution in [-0.2, 0) is 0 Å². The van der Waals surface area contributed by atoms with Gasteiger partial charge < -0.3 is 10.6 Å². The number of aromatic nitrogens is 2. The van der Waals surface area contributed by atoms with E-state index in [0.717, 1.165) is 5.69 Å². The second-order valence-electron chi connectivity index (χ2n) is 5.82. The lowest BCUT2D eigenvalue weighted by Gasteiger charge is -2.10. The van der Waals surface area contributed by atoms with Gasteiger partial charge in [0.1, 0.15) is 17.8 Å². The van der Waals surface area contributed by atoms with Crippen LogP contribution in [0, 0.1) is 0 Å². The van der Waals surface area contributed by atoms with Crippen molar-refractivity contribution in [1.82, 2.24) is 15.3 Å². The largest absolute Gasteiger partial charge is 0.349 e. The molecule has 0 aliphatic carbocycles. The summed E-state index contributed by atoms with van der Waals surface area (Å²) in [4.78, 5) is 20.1. The van der Waals surface area contributed by atoms with Crippen molar-refractivity contribution in [2.24, 2.45) is 0 Å². The van der Waals surface area contributed by atoms with Gasteiger partial charge in [-0.1, -0.05) is 26.0 Å². The fourth-order valence-electron chi connectivity index (χ4n) is 1.99. The standard InChI is InChI=1S/C17H22N4O/c1-11(2)13-5-7-14(8-6-13)21-16-9-15(18-10-19-16)17(22)20-12(3)4/h5-12H,1-4H3,(H,20,22)(H,18,19,21). The number of carbonyl (C=O) groups excluding carboxylic acids is 1. The molecule has 1 heterocycles. The maximum atomic E-state index is 12.0. The van der Waals surface area contributed by atoms with Gasteiger partial charge in [-0.3, -0.25) is 4.79 Å². The fourth-order valence-corrected chi connectivity index (χ4v) is 1.99. The van der Waals surface area contributed by atoms with Crippen molar-refractivity contribution in [2.45, 2.75) is 39.7 Å². The maximum Gasteiger partial charge on any atom is 0.270 e. The molecular weight excluding hydrogens is 276 g/mol. The van der Waals surface area contributed by atoms with Gasteiger partial charge in [-0.05, 0) is 37.5 Å². The first-order chi connectivity index (χ1) is 10.5. The highest BCUT2D eigenvalue weighted by atomic mass is 16.1. The van der Waals surface area contributed by atoms with Crippen LogP contribution in [0.15, 0.2) is 36.7 Å². The van der Waals surface area contributed by atoms with Gasteiger partial charge >= 0.3 is 0 Å². The highest BCUT2D eigenvalue weighted by Gasteiger charge is 2.10. The number of carbonyl (C=O) groups is 1. The average Bonchev–Trinajstić information content (AvgIpc) is 2.47. The van der Waals surface area contributed by atoms with Crippen molar-refractivity contribution in [3.63, 3.8) is 0 Å². The van der Waals surface area contributed by atoms with Crippen LogP contribution < -0.4 is 10.6 Å². The molecule has 1 amide bonds. The lowest BCUT2D eigenvalue weighted by atomic mass is 10.0. The molecule has 22 heavy (non-hydrogen) atoms. The third-order valence-corrected chi connectivity index (χ3v) is 3.17. The monoisotopic (exact) mass is 298 g/mol. The highest BCUT2D eigenvalue weighted by molar-refractivity contribution is 5.93. The number of nitrogens with zero attached hydrogens (tertiary/aromatic N) is 2. The minimum atomic E-state index is -0.199. The van der Waals surface area contributed by atoms with Crippen molar-refractivity contribution in [2.75, 3.05) is 5.32 Å². The Bertz CT molecular complexity index is 635. The van der Waals surface area contributed by atoms with Crippen LogP contribution in [0.4, 0.5) is 11.5 Å². The number of benzene rings is 1. The second-order valence-corrected chi connectivity index (χ2v) is 5.82. The van der Waals surface area contributed by atoms with Gasteiger partial charge in [-0.15, -0.1) is 0 Å². The SMILES string of the molecule is CC(C)NC(=O)c1cc(Nc2ccc(C(C)C)cc2)ncn1. The molecule has 0 atom stereocenters. The molecule has 0 aliphatic heterocycles. The maximum absolute atomic E-state index is 12.0. The number of hydrogen-bond donors (Lipinski definition) is 2. The van der Waals surface area contributed by atoms with Crippen molar-refractivity contribution < 1.29 is 4.79 Å². The molecule has 2 N–H and O–H groups in total. The van der Waals surface area contributed by atoms with Crippen molar-refractivity contribution in [3.8, 4) is 0 Å². The molecule has 0 spiro atoms. The van der Waals surface area contributed by atoms with Crippen LogP contribution in [0.5, 0.6) is 0 Å². The number of rotatable bonds is 5. The molecule has 1 aromatic carbocycles. The van der Waals surface area contributed by atoms with Crippen LogP contribution in [0.25, 0.3) is 0 Å². The zero-order valence-corrected chi connectivity index (χ0v) is 13.4. The minimum absolute atomic E-state index is 0.0717. The van der Waals surface area contributed by atoms with E-state index in [9.17, 15) is 4.79 Å². The van der Waals surface area contributed by atoms with E-state index in [0.29, 0.717) is 17.4 Å². The molecule has 2 rings (SSSR count). The average molecular weight is 298 g/mol. The topological polar surface area (TPSA) is 66.9 Å². The van der Waals surface area contributed by atoms with Gasteiger partial charge in [0.25, 0.3) is 5.91 Å². The Morgan fingerprint density at radius 1 is 1.05 bits per heavy atom. The Hall–Kier alpha value is -2.43. The Labute approximate surface area is 131 Å². The first kappa shape index (κ1) is 15.9. The number of hydrogen-bond acceptors (Lipinski definition) is 4. The molecule has 0 bridgehead atoms. The quantitative estimate of drug-likeness (QED) is 0.887. The van der Waals surface area contributed by atoms with Crippen LogP contribution >= 0.6 is 0 Å². The van der Waals surface area contributed by atoms with Gasteiger partial charge in [0.05, 0.1) is 0 Å². The number of amides is 1. The third-order valence-electron chi connectivity index (χ3n) is 3.17. The lowest BCUT2D eigenvalue weighted by molar-refractivity contribution is 0.0938. The van der Waals surface area contributed by atoms with Gasteiger partial charge in [-0.25, -0.2) is 9.97 Å². The third kappa shape index (κ3) is 4.28.